The average Bonchev–Trinajstić information content (AvgIpc) is 3.05. The molecule has 0 aliphatic carbocycles. The Morgan fingerprint density at radius 1 is 1.00 bits per heavy atom. The number of anilines is 1. The maximum Gasteiger partial charge on any atom is 0.253 e. The second-order valence-electron chi connectivity index (χ2n) is 7.51. The zero-order valence-corrected chi connectivity index (χ0v) is 16.8. The molecule has 1 aromatic heterocycles. The molecule has 1 saturated heterocycles. The normalized spacial score (nSPS) is 14.3. The van der Waals surface area contributed by atoms with Gasteiger partial charge in [-0.1, -0.05) is 24.3 Å². The largest absolute Gasteiger partial charge is 0.366 e. The molecule has 4 rings (SSSR count). The van der Waals surface area contributed by atoms with E-state index in [9.17, 15) is 9.18 Å². The summed E-state index contributed by atoms with van der Waals surface area (Å²) >= 11 is 0. The summed E-state index contributed by atoms with van der Waals surface area (Å²) < 4.78 is 16.0. The number of hydrogen-bond donors (Lipinski definition) is 0. The summed E-state index contributed by atoms with van der Waals surface area (Å²) in [5.74, 6) is -0.193. The molecule has 5 nitrogen and oxygen atoms in total. The predicted octanol–water partition coefficient (Wildman–Crippen LogP) is 3.65. The van der Waals surface area contributed by atoms with Gasteiger partial charge in [-0.3, -0.25) is 9.48 Å². The summed E-state index contributed by atoms with van der Waals surface area (Å²) in [6, 6.07) is 16.6. The quantitative estimate of drug-likeness (QED) is 0.681. The van der Waals surface area contributed by atoms with Crippen LogP contribution >= 0.6 is 0 Å². The van der Waals surface area contributed by atoms with Gasteiger partial charge in [0.15, 0.2) is 0 Å². The van der Waals surface area contributed by atoms with Gasteiger partial charge in [-0.25, -0.2) is 4.39 Å². The van der Waals surface area contributed by atoms with Crippen molar-refractivity contribution in [2.24, 2.45) is 0 Å². The maximum atomic E-state index is 14.0. The molecule has 0 unspecified atom stereocenters. The molecule has 0 N–H and O–H groups in total. The van der Waals surface area contributed by atoms with Crippen LogP contribution in [0.15, 0.2) is 54.6 Å². The fraction of sp³-hybridized carbons (Fsp3) is 0.304. The van der Waals surface area contributed by atoms with Crippen LogP contribution < -0.4 is 4.90 Å². The van der Waals surface area contributed by atoms with Crippen molar-refractivity contribution >= 4 is 11.6 Å². The van der Waals surface area contributed by atoms with Crippen LogP contribution in [0.2, 0.25) is 0 Å². The maximum absolute atomic E-state index is 14.0. The van der Waals surface area contributed by atoms with Crippen LogP contribution in [0, 0.1) is 19.7 Å². The molecule has 1 fully saturated rings. The minimum atomic E-state index is -0.217. The van der Waals surface area contributed by atoms with Crippen molar-refractivity contribution < 1.29 is 9.18 Å². The zero-order valence-electron chi connectivity index (χ0n) is 16.8. The number of aromatic nitrogens is 2. The van der Waals surface area contributed by atoms with Crippen LogP contribution in [0.5, 0.6) is 0 Å². The molecule has 0 radical (unpaired) electrons. The lowest BCUT2D eigenvalue weighted by molar-refractivity contribution is 0.0746. The highest BCUT2D eigenvalue weighted by molar-refractivity contribution is 5.94. The Hall–Kier alpha value is -3.15. The van der Waals surface area contributed by atoms with E-state index in [1.807, 2.05) is 58.7 Å². The monoisotopic (exact) mass is 392 g/mol. The summed E-state index contributed by atoms with van der Waals surface area (Å²) in [5, 5.41) is 4.48. The van der Waals surface area contributed by atoms with Crippen LogP contribution in [-0.4, -0.2) is 46.8 Å². The van der Waals surface area contributed by atoms with E-state index in [2.05, 4.69) is 11.2 Å². The highest BCUT2D eigenvalue weighted by Crippen LogP contribution is 2.21. The Morgan fingerprint density at radius 3 is 2.31 bits per heavy atom. The number of para-hydroxylation sites is 1. The first-order valence-corrected chi connectivity index (χ1v) is 9.90. The lowest BCUT2D eigenvalue weighted by atomic mass is 10.1. The van der Waals surface area contributed by atoms with E-state index in [4.69, 9.17) is 0 Å². The van der Waals surface area contributed by atoms with Crippen molar-refractivity contribution in [2.75, 3.05) is 31.1 Å². The number of piperazine rings is 1. The molecular formula is C23H25FN4O. The standard InChI is InChI=1S/C23H25FN4O/c1-17-15-18(2)28(25-17)16-19-7-9-20(10-8-19)23(29)27-13-11-26(12-14-27)22-6-4-3-5-21(22)24/h3-10,15H,11-14,16H2,1-2H3. The Bertz CT molecular complexity index is 1000. The molecular weight excluding hydrogens is 367 g/mol. The number of rotatable bonds is 4. The second-order valence-corrected chi connectivity index (χ2v) is 7.51. The number of hydrogen-bond acceptors (Lipinski definition) is 3. The molecule has 1 amide bonds. The lowest BCUT2D eigenvalue weighted by Crippen LogP contribution is -2.49. The van der Waals surface area contributed by atoms with E-state index in [-0.39, 0.29) is 11.7 Å². The van der Waals surface area contributed by atoms with Gasteiger partial charge in [0.05, 0.1) is 17.9 Å². The molecule has 6 heteroatoms. The molecule has 150 valence electrons. The molecule has 3 aromatic rings. The lowest BCUT2D eigenvalue weighted by Gasteiger charge is -2.36. The Labute approximate surface area is 170 Å². The average molecular weight is 392 g/mol. The SMILES string of the molecule is Cc1cc(C)n(Cc2ccc(C(=O)N3CCN(c4ccccc4F)CC3)cc2)n1. The summed E-state index contributed by atoms with van der Waals surface area (Å²) in [5.41, 5.74) is 4.52. The van der Waals surface area contributed by atoms with E-state index >= 15 is 0 Å². The summed E-state index contributed by atoms with van der Waals surface area (Å²) in [6.07, 6.45) is 0. The minimum Gasteiger partial charge on any atom is -0.366 e. The second kappa shape index (κ2) is 8.07. The van der Waals surface area contributed by atoms with Crippen LogP contribution in [0.1, 0.15) is 27.3 Å². The van der Waals surface area contributed by atoms with E-state index in [1.54, 1.807) is 12.1 Å². The van der Waals surface area contributed by atoms with Gasteiger partial charge in [-0.2, -0.15) is 5.10 Å². The van der Waals surface area contributed by atoms with Crippen LogP contribution in [-0.2, 0) is 6.54 Å². The predicted molar refractivity (Wildman–Crippen MR) is 112 cm³/mol. The Morgan fingerprint density at radius 2 is 1.69 bits per heavy atom. The van der Waals surface area contributed by atoms with Crippen molar-refractivity contribution in [3.05, 3.63) is 82.9 Å². The first kappa shape index (κ1) is 19.2. The molecule has 0 saturated carbocycles. The van der Waals surface area contributed by atoms with Crippen molar-refractivity contribution in [1.82, 2.24) is 14.7 Å². The van der Waals surface area contributed by atoms with E-state index in [1.165, 1.54) is 6.07 Å². The van der Waals surface area contributed by atoms with Crippen LogP contribution in [0.4, 0.5) is 10.1 Å². The number of aryl methyl sites for hydroxylation is 2. The zero-order chi connectivity index (χ0) is 20.4. The molecule has 2 aromatic carbocycles. The number of amides is 1. The molecule has 2 heterocycles. The van der Waals surface area contributed by atoms with E-state index < -0.39 is 0 Å². The third-order valence-electron chi connectivity index (χ3n) is 5.40. The van der Waals surface area contributed by atoms with E-state index in [0.717, 1.165) is 17.0 Å². The van der Waals surface area contributed by atoms with Crippen molar-refractivity contribution in [1.29, 1.82) is 0 Å². The number of carbonyl (C=O) groups excluding carboxylic acids is 1. The first-order chi connectivity index (χ1) is 14.0. The van der Waals surface area contributed by atoms with Crippen molar-refractivity contribution in [3.8, 4) is 0 Å². The van der Waals surface area contributed by atoms with Gasteiger partial charge in [-0.15, -0.1) is 0 Å². The van der Waals surface area contributed by atoms with Gasteiger partial charge in [-0.05, 0) is 49.7 Å². The van der Waals surface area contributed by atoms with Gasteiger partial charge in [0.1, 0.15) is 5.82 Å². The van der Waals surface area contributed by atoms with Gasteiger partial charge in [0.25, 0.3) is 5.91 Å². The minimum absolute atomic E-state index is 0.0239. The third-order valence-corrected chi connectivity index (χ3v) is 5.40. The van der Waals surface area contributed by atoms with Crippen molar-refractivity contribution in [3.63, 3.8) is 0 Å². The summed E-state index contributed by atoms with van der Waals surface area (Å²) in [4.78, 5) is 16.7. The fourth-order valence-corrected chi connectivity index (χ4v) is 3.80. The smallest absolute Gasteiger partial charge is 0.253 e. The molecule has 29 heavy (non-hydrogen) atoms. The molecule has 0 atom stereocenters. The van der Waals surface area contributed by atoms with E-state index in [0.29, 0.717) is 44.0 Å². The number of carbonyl (C=O) groups is 1. The van der Waals surface area contributed by atoms with Gasteiger partial charge >= 0.3 is 0 Å². The van der Waals surface area contributed by atoms with Gasteiger partial charge < -0.3 is 9.80 Å². The highest BCUT2D eigenvalue weighted by Gasteiger charge is 2.23. The summed E-state index contributed by atoms with van der Waals surface area (Å²) in [7, 11) is 0. The fourth-order valence-electron chi connectivity index (χ4n) is 3.80. The third kappa shape index (κ3) is 4.16. The number of benzene rings is 2. The van der Waals surface area contributed by atoms with Gasteiger partial charge in [0, 0.05) is 37.4 Å². The Kier molecular flexibility index (Phi) is 5.34. The Balaban J connectivity index is 1.38. The summed E-state index contributed by atoms with van der Waals surface area (Å²) in [6.45, 7) is 7.14. The number of halogens is 1. The molecule has 1 aliphatic rings. The highest BCUT2D eigenvalue weighted by atomic mass is 19.1. The first-order valence-electron chi connectivity index (χ1n) is 9.90. The van der Waals surface area contributed by atoms with Crippen molar-refractivity contribution in [2.45, 2.75) is 20.4 Å². The molecule has 0 bridgehead atoms. The van der Waals surface area contributed by atoms with Crippen LogP contribution in [0.25, 0.3) is 0 Å². The van der Waals surface area contributed by atoms with Crippen LogP contribution in [0.3, 0.4) is 0 Å². The topological polar surface area (TPSA) is 41.4 Å². The molecule has 1 aliphatic heterocycles. The molecule has 0 spiro atoms. The number of nitrogens with zero attached hydrogens (tertiary/aromatic N) is 4. The van der Waals surface area contributed by atoms with Gasteiger partial charge in [0.2, 0.25) is 0 Å².